The second-order valence-electron chi connectivity index (χ2n) is 7.82. The Labute approximate surface area is 198 Å². The summed E-state index contributed by atoms with van der Waals surface area (Å²) in [7, 11) is -3.53. The fraction of sp³-hybridized carbons (Fsp3) is 0.115. The molecule has 0 radical (unpaired) electrons. The first-order chi connectivity index (χ1) is 16.3. The van der Waals surface area contributed by atoms with Gasteiger partial charge in [-0.05, 0) is 47.0 Å². The van der Waals surface area contributed by atoms with E-state index in [-0.39, 0.29) is 17.6 Å². The molecule has 2 unspecified atom stereocenters. The van der Waals surface area contributed by atoms with Crippen molar-refractivity contribution in [3.05, 3.63) is 131 Å². The predicted octanol–water partition coefficient (Wildman–Crippen LogP) is 5.50. The van der Waals surface area contributed by atoms with Gasteiger partial charge in [0, 0.05) is 24.2 Å². The minimum Gasteiger partial charge on any atom is -0.268 e. The molecule has 4 rings (SSSR count). The molecule has 170 valence electrons. The molecular weight excluding hydrogens is 451 g/mol. The van der Waals surface area contributed by atoms with E-state index in [1.807, 2.05) is 36.4 Å². The van der Waals surface area contributed by atoms with Crippen LogP contribution in [-0.2, 0) is 10.0 Å². The highest BCUT2D eigenvalue weighted by atomic mass is 32.2. The van der Waals surface area contributed by atoms with Crippen LogP contribution >= 0.6 is 0 Å². The van der Waals surface area contributed by atoms with E-state index >= 15 is 0 Å². The number of hydrogen-bond donors (Lipinski definition) is 1. The maximum absolute atomic E-state index is 13.8. The van der Waals surface area contributed by atoms with E-state index in [1.165, 1.54) is 12.1 Å². The fourth-order valence-corrected chi connectivity index (χ4v) is 4.49. The summed E-state index contributed by atoms with van der Waals surface area (Å²) in [6.07, 6.45) is 4.50. The number of benzene rings is 2. The van der Waals surface area contributed by atoms with Crippen molar-refractivity contribution in [1.29, 1.82) is 0 Å². The Hall–Kier alpha value is -4.09. The second-order valence-corrected chi connectivity index (χ2v) is 9.57. The van der Waals surface area contributed by atoms with Crippen LogP contribution in [-0.4, -0.2) is 24.6 Å². The van der Waals surface area contributed by atoms with Gasteiger partial charge in [0.1, 0.15) is 11.6 Å². The molecule has 34 heavy (non-hydrogen) atoms. The number of sulfonamides is 1. The lowest BCUT2D eigenvalue weighted by molar-refractivity contribution is 0.606. The van der Waals surface area contributed by atoms with Crippen LogP contribution < -0.4 is 4.72 Å². The molecule has 2 aromatic carbocycles. The van der Waals surface area contributed by atoms with E-state index in [1.54, 1.807) is 42.7 Å². The molecule has 0 aliphatic rings. The maximum Gasteiger partial charge on any atom is 0.230 e. The molecule has 4 aromatic rings. The zero-order valence-electron chi connectivity index (χ0n) is 18.3. The standard InChI is InChI=1S/C26H21FN4O2S/c1-28-22-8-3-6-19(16-22)25(20-7-5-15-29-17-20)26(18-11-13-21(27)14-12-18)23-9-4-10-24(30-23)31-34(2,32)33/h3-17,25-26H,2H3,(H,30,31). The molecule has 0 aliphatic carbocycles. The summed E-state index contributed by atoms with van der Waals surface area (Å²) >= 11 is 0. The lowest BCUT2D eigenvalue weighted by Gasteiger charge is -2.29. The van der Waals surface area contributed by atoms with Crippen molar-refractivity contribution in [3.63, 3.8) is 0 Å². The van der Waals surface area contributed by atoms with Crippen molar-refractivity contribution in [2.24, 2.45) is 0 Å². The summed E-state index contributed by atoms with van der Waals surface area (Å²) in [5, 5.41) is 0. The molecule has 2 heterocycles. The van der Waals surface area contributed by atoms with Crippen molar-refractivity contribution in [1.82, 2.24) is 9.97 Å². The number of hydrogen-bond acceptors (Lipinski definition) is 4. The third-order valence-corrected chi connectivity index (χ3v) is 5.92. The summed E-state index contributed by atoms with van der Waals surface area (Å²) in [4.78, 5) is 12.5. The van der Waals surface area contributed by atoms with Crippen molar-refractivity contribution in [2.45, 2.75) is 11.8 Å². The number of aromatic nitrogens is 2. The van der Waals surface area contributed by atoms with Crippen LogP contribution in [0.4, 0.5) is 15.9 Å². The molecule has 1 N–H and O–H groups in total. The van der Waals surface area contributed by atoms with Crippen molar-refractivity contribution in [3.8, 4) is 0 Å². The van der Waals surface area contributed by atoms with Crippen LogP contribution in [0.3, 0.4) is 0 Å². The van der Waals surface area contributed by atoms with E-state index in [0.29, 0.717) is 11.4 Å². The van der Waals surface area contributed by atoms with Gasteiger partial charge in [-0.2, -0.15) is 0 Å². The number of halogens is 1. The first-order valence-corrected chi connectivity index (χ1v) is 12.3. The Bertz CT molecular complexity index is 1440. The monoisotopic (exact) mass is 472 g/mol. The average Bonchev–Trinajstić information content (AvgIpc) is 2.83. The quantitative estimate of drug-likeness (QED) is 0.360. The highest BCUT2D eigenvalue weighted by Gasteiger charge is 2.30. The summed E-state index contributed by atoms with van der Waals surface area (Å²) in [6, 6.07) is 22.4. The lowest BCUT2D eigenvalue weighted by atomic mass is 9.75. The van der Waals surface area contributed by atoms with Gasteiger partial charge in [-0.25, -0.2) is 22.6 Å². The Balaban J connectivity index is 1.96. The number of nitrogens with zero attached hydrogens (tertiary/aromatic N) is 3. The van der Waals surface area contributed by atoms with Crippen molar-refractivity contribution >= 4 is 21.5 Å². The van der Waals surface area contributed by atoms with Crippen LogP contribution in [0.25, 0.3) is 4.85 Å². The molecule has 6 nitrogen and oxygen atoms in total. The normalized spacial score (nSPS) is 13.0. The summed E-state index contributed by atoms with van der Waals surface area (Å²) in [5.41, 5.74) is 3.60. The molecule has 0 saturated carbocycles. The zero-order valence-corrected chi connectivity index (χ0v) is 19.1. The lowest BCUT2D eigenvalue weighted by Crippen LogP contribution is -2.18. The van der Waals surface area contributed by atoms with Crippen LogP contribution in [0, 0.1) is 12.4 Å². The Morgan fingerprint density at radius 3 is 2.32 bits per heavy atom. The third kappa shape index (κ3) is 5.45. The van der Waals surface area contributed by atoms with Gasteiger partial charge in [0.15, 0.2) is 5.69 Å². The van der Waals surface area contributed by atoms with Crippen molar-refractivity contribution < 1.29 is 12.8 Å². The predicted molar refractivity (Wildman–Crippen MR) is 130 cm³/mol. The van der Waals surface area contributed by atoms with Gasteiger partial charge in [-0.15, -0.1) is 0 Å². The molecule has 2 atom stereocenters. The number of rotatable bonds is 7. The Morgan fingerprint density at radius 2 is 1.65 bits per heavy atom. The highest BCUT2D eigenvalue weighted by Crippen LogP contribution is 2.43. The topological polar surface area (TPSA) is 76.3 Å². The Kier molecular flexibility index (Phi) is 6.66. The largest absolute Gasteiger partial charge is 0.268 e. The second kappa shape index (κ2) is 9.81. The molecule has 8 heteroatoms. The summed E-state index contributed by atoms with van der Waals surface area (Å²) < 4.78 is 39.9. The van der Waals surface area contributed by atoms with E-state index in [0.717, 1.165) is 22.9 Å². The van der Waals surface area contributed by atoms with Gasteiger partial charge in [-0.1, -0.05) is 48.5 Å². The molecule has 0 fully saturated rings. The Morgan fingerprint density at radius 1 is 0.912 bits per heavy atom. The van der Waals surface area contributed by atoms with Gasteiger partial charge >= 0.3 is 0 Å². The molecule has 0 bridgehead atoms. The van der Waals surface area contributed by atoms with Crippen LogP contribution in [0.15, 0.2) is 91.3 Å². The number of pyridine rings is 2. The molecule has 0 amide bonds. The third-order valence-electron chi connectivity index (χ3n) is 5.34. The first-order valence-electron chi connectivity index (χ1n) is 10.4. The summed E-state index contributed by atoms with van der Waals surface area (Å²) in [5.74, 6) is -0.934. The van der Waals surface area contributed by atoms with E-state index in [4.69, 9.17) is 6.57 Å². The minimum absolute atomic E-state index is 0.187. The fourth-order valence-electron chi connectivity index (χ4n) is 4.00. The zero-order chi connectivity index (χ0) is 24.1. The number of anilines is 1. The van der Waals surface area contributed by atoms with Gasteiger partial charge in [0.05, 0.1) is 18.5 Å². The van der Waals surface area contributed by atoms with Crippen LogP contribution in [0.1, 0.15) is 34.2 Å². The van der Waals surface area contributed by atoms with Crippen LogP contribution in [0.2, 0.25) is 0 Å². The molecular formula is C26H21FN4O2S. The first kappa shape index (κ1) is 23.1. The molecule has 2 aromatic heterocycles. The van der Waals surface area contributed by atoms with Gasteiger partial charge in [0.2, 0.25) is 10.0 Å². The smallest absolute Gasteiger partial charge is 0.230 e. The van der Waals surface area contributed by atoms with Gasteiger partial charge in [-0.3, -0.25) is 9.71 Å². The number of nitrogens with one attached hydrogen (secondary N) is 1. The SMILES string of the molecule is [C-]#[N+]c1cccc(C(c2cccnc2)C(c2ccc(F)cc2)c2cccc(NS(C)(=O)=O)n2)c1. The summed E-state index contributed by atoms with van der Waals surface area (Å²) in [6.45, 7) is 7.45. The molecule has 0 saturated heterocycles. The van der Waals surface area contributed by atoms with Crippen molar-refractivity contribution in [2.75, 3.05) is 11.0 Å². The van der Waals surface area contributed by atoms with Gasteiger partial charge in [0.25, 0.3) is 0 Å². The average molecular weight is 473 g/mol. The maximum atomic E-state index is 13.8. The van der Waals surface area contributed by atoms with E-state index in [2.05, 4.69) is 19.5 Å². The minimum atomic E-state index is -3.53. The van der Waals surface area contributed by atoms with Gasteiger partial charge < -0.3 is 0 Å². The molecule has 0 aliphatic heterocycles. The van der Waals surface area contributed by atoms with E-state index < -0.39 is 15.9 Å². The van der Waals surface area contributed by atoms with E-state index in [9.17, 15) is 12.8 Å². The highest BCUT2D eigenvalue weighted by molar-refractivity contribution is 7.92. The van der Waals surface area contributed by atoms with Crippen LogP contribution in [0.5, 0.6) is 0 Å². The molecule has 0 spiro atoms.